The lowest BCUT2D eigenvalue weighted by Gasteiger charge is -2.13. The Labute approximate surface area is 84.7 Å². The van der Waals surface area contributed by atoms with Crippen LogP contribution < -0.4 is 10.6 Å². The summed E-state index contributed by atoms with van der Waals surface area (Å²) < 4.78 is 2.15. The molecule has 0 radical (unpaired) electrons. The van der Waals surface area contributed by atoms with Crippen molar-refractivity contribution in [1.29, 1.82) is 0 Å². The molecule has 1 aromatic heterocycles. The summed E-state index contributed by atoms with van der Waals surface area (Å²) in [6, 6.07) is 0.436. The van der Waals surface area contributed by atoms with Crippen molar-refractivity contribution in [2.75, 3.05) is 11.9 Å². The Morgan fingerprint density at radius 3 is 2.93 bits per heavy atom. The maximum atomic E-state index is 4.60. The van der Waals surface area contributed by atoms with Gasteiger partial charge < -0.3 is 15.2 Å². The van der Waals surface area contributed by atoms with E-state index in [2.05, 4.69) is 41.1 Å². The van der Waals surface area contributed by atoms with Crippen LogP contribution in [-0.2, 0) is 20.0 Å². The van der Waals surface area contributed by atoms with Gasteiger partial charge in [0.05, 0.1) is 11.4 Å². The van der Waals surface area contributed by atoms with Crippen molar-refractivity contribution in [1.82, 2.24) is 14.9 Å². The first kappa shape index (κ1) is 9.52. The van der Waals surface area contributed by atoms with E-state index in [1.165, 1.54) is 11.4 Å². The molecule has 2 N–H and O–H groups in total. The molecule has 0 aliphatic carbocycles. The third-order valence-electron chi connectivity index (χ3n) is 2.55. The third kappa shape index (κ3) is 1.62. The van der Waals surface area contributed by atoms with E-state index < -0.39 is 0 Å². The van der Waals surface area contributed by atoms with Crippen molar-refractivity contribution < 1.29 is 0 Å². The van der Waals surface area contributed by atoms with Crippen LogP contribution >= 0.6 is 0 Å². The SMILES string of the molecule is CC(C)Nc1nc2c(n1C)CNCC2. The zero-order valence-corrected chi connectivity index (χ0v) is 9.09. The van der Waals surface area contributed by atoms with Crippen LogP contribution in [0.1, 0.15) is 25.2 Å². The zero-order valence-electron chi connectivity index (χ0n) is 9.09. The Balaban J connectivity index is 2.29. The number of nitrogens with one attached hydrogen (secondary N) is 2. The van der Waals surface area contributed by atoms with E-state index in [4.69, 9.17) is 0 Å². The van der Waals surface area contributed by atoms with Crippen LogP contribution in [0.4, 0.5) is 5.95 Å². The Bertz CT molecular complexity index is 327. The van der Waals surface area contributed by atoms with Gasteiger partial charge in [0, 0.05) is 32.6 Å². The maximum absolute atomic E-state index is 4.60. The van der Waals surface area contributed by atoms with E-state index in [1.54, 1.807) is 0 Å². The minimum atomic E-state index is 0.436. The van der Waals surface area contributed by atoms with Crippen molar-refractivity contribution in [2.24, 2.45) is 7.05 Å². The van der Waals surface area contributed by atoms with Crippen LogP contribution in [0.2, 0.25) is 0 Å². The fraction of sp³-hybridized carbons (Fsp3) is 0.700. The largest absolute Gasteiger partial charge is 0.353 e. The van der Waals surface area contributed by atoms with E-state index in [1.807, 2.05) is 0 Å². The zero-order chi connectivity index (χ0) is 10.1. The number of nitrogens with zero attached hydrogens (tertiary/aromatic N) is 2. The summed E-state index contributed by atoms with van der Waals surface area (Å²) in [4.78, 5) is 4.60. The average Bonchev–Trinajstić information content (AvgIpc) is 2.44. The van der Waals surface area contributed by atoms with Gasteiger partial charge in [-0.25, -0.2) is 4.98 Å². The maximum Gasteiger partial charge on any atom is 0.203 e. The highest BCUT2D eigenvalue weighted by atomic mass is 15.2. The summed E-state index contributed by atoms with van der Waals surface area (Å²) in [5.74, 6) is 0.994. The number of hydrogen-bond acceptors (Lipinski definition) is 3. The number of imidazole rings is 1. The van der Waals surface area contributed by atoms with Gasteiger partial charge in [-0.05, 0) is 13.8 Å². The number of aromatic nitrogens is 2. The second-order valence-corrected chi connectivity index (χ2v) is 4.11. The standard InChI is InChI=1S/C10H18N4/c1-7(2)12-10-13-8-4-5-11-6-9(8)14(10)3/h7,11H,4-6H2,1-3H3,(H,12,13). The number of hydrogen-bond donors (Lipinski definition) is 2. The second kappa shape index (κ2) is 3.61. The van der Waals surface area contributed by atoms with Crippen LogP contribution in [0, 0.1) is 0 Å². The molecular weight excluding hydrogens is 176 g/mol. The highest BCUT2D eigenvalue weighted by Crippen LogP contribution is 2.17. The van der Waals surface area contributed by atoms with E-state index in [0.29, 0.717) is 6.04 Å². The quantitative estimate of drug-likeness (QED) is 0.734. The number of rotatable bonds is 2. The molecule has 4 heteroatoms. The lowest BCUT2D eigenvalue weighted by Crippen LogP contribution is -2.24. The molecule has 1 aromatic rings. The fourth-order valence-corrected chi connectivity index (χ4v) is 1.81. The highest BCUT2D eigenvalue weighted by Gasteiger charge is 2.17. The van der Waals surface area contributed by atoms with Gasteiger partial charge in [0.1, 0.15) is 0 Å². The third-order valence-corrected chi connectivity index (χ3v) is 2.55. The predicted octanol–water partition coefficient (Wildman–Crippen LogP) is 0.886. The van der Waals surface area contributed by atoms with Crippen LogP contribution in [0.25, 0.3) is 0 Å². The molecule has 14 heavy (non-hydrogen) atoms. The first-order valence-corrected chi connectivity index (χ1v) is 5.20. The molecule has 0 amide bonds. The minimum absolute atomic E-state index is 0.436. The molecule has 1 aliphatic heterocycles. The van der Waals surface area contributed by atoms with Gasteiger partial charge in [-0.2, -0.15) is 0 Å². The molecule has 0 bridgehead atoms. The van der Waals surface area contributed by atoms with Crippen LogP contribution in [0.3, 0.4) is 0 Å². The molecule has 0 unspecified atom stereocenters. The molecule has 0 fully saturated rings. The average molecular weight is 194 g/mol. The monoisotopic (exact) mass is 194 g/mol. The summed E-state index contributed by atoms with van der Waals surface area (Å²) >= 11 is 0. The second-order valence-electron chi connectivity index (χ2n) is 4.11. The van der Waals surface area contributed by atoms with E-state index in [-0.39, 0.29) is 0 Å². The van der Waals surface area contributed by atoms with Crippen LogP contribution in [-0.4, -0.2) is 22.1 Å². The molecule has 1 aliphatic rings. The van der Waals surface area contributed by atoms with Gasteiger partial charge in [-0.15, -0.1) is 0 Å². The minimum Gasteiger partial charge on any atom is -0.353 e. The first-order valence-electron chi connectivity index (χ1n) is 5.20. The molecule has 0 saturated carbocycles. The molecule has 4 nitrogen and oxygen atoms in total. The molecule has 2 heterocycles. The van der Waals surface area contributed by atoms with Crippen molar-refractivity contribution in [3.63, 3.8) is 0 Å². The smallest absolute Gasteiger partial charge is 0.203 e. The Morgan fingerprint density at radius 1 is 1.50 bits per heavy atom. The lowest BCUT2D eigenvalue weighted by molar-refractivity contribution is 0.606. The van der Waals surface area contributed by atoms with Gasteiger partial charge >= 0.3 is 0 Å². The normalized spacial score (nSPS) is 15.7. The Kier molecular flexibility index (Phi) is 2.46. The van der Waals surface area contributed by atoms with Crippen molar-refractivity contribution in [2.45, 2.75) is 32.9 Å². The molecule has 0 spiro atoms. The predicted molar refractivity (Wildman–Crippen MR) is 57.4 cm³/mol. The summed E-state index contributed by atoms with van der Waals surface area (Å²) in [6.07, 6.45) is 1.04. The van der Waals surface area contributed by atoms with Gasteiger partial charge in [0.25, 0.3) is 0 Å². The molecule has 0 atom stereocenters. The summed E-state index contributed by atoms with van der Waals surface area (Å²) in [5.41, 5.74) is 2.56. The summed E-state index contributed by atoms with van der Waals surface area (Å²) in [5, 5.41) is 6.71. The van der Waals surface area contributed by atoms with Gasteiger partial charge in [-0.1, -0.05) is 0 Å². The van der Waals surface area contributed by atoms with Gasteiger partial charge in [-0.3, -0.25) is 0 Å². The number of anilines is 1. The first-order chi connectivity index (χ1) is 6.68. The molecule has 2 rings (SSSR count). The fourth-order valence-electron chi connectivity index (χ4n) is 1.81. The molecule has 0 aromatic carbocycles. The molecule has 0 saturated heterocycles. The summed E-state index contributed by atoms with van der Waals surface area (Å²) in [7, 11) is 2.07. The van der Waals surface area contributed by atoms with E-state index in [9.17, 15) is 0 Å². The summed E-state index contributed by atoms with van der Waals surface area (Å²) in [6.45, 7) is 6.25. The van der Waals surface area contributed by atoms with Gasteiger partial charge in [0.2, 0.25) is 5.95 Å². The molecule has 78 valence electrons. The van der Waals surface area contributed by atoms with Crippen molar-refractivity contribution in [3.8, 4) is 0 Å². The van der Waals surface area contributed by atoms with Gasteiger partial charge in [0.15, 0.2) is 0 Å². The Morgan fingerprint density at radius 2 is 2.29 bits per heavy atom. The number of fused-ring (bicyclic) bond motifs is 1. The molecular formula is C10H18N4. The van der Waals surface area contributed by atoms with Crippen molar-refractivity contribution in [3.05, 3.63) is 11.4 Å². The van der Waals surface area contributed by atoms with E-state index >= 15 is 0 Å². The highest BCUT2D eigenvalue weighted by molar-refractivity contribution is 5.35. The van der Waals surface area contributed by atoms with Crippen molar-refractivity contribution >= 4 is 5.95 Å². The lowest BCUT2D eigenvalue weighted by atomic mass is 10.2. The van der Waals surface area contributed by atoms with Crippen LogP contribution in [0.5, 0.6) is 0 Å². The Hall–Kier alpha value is -1.03. The van der Waals surface area contributed by atoms with Crippen LogP contribution in [0.15, 0.2) is 0 Å². The topological polar surface area (TPSA) is 41.9 Å². The van der Waals surface area contributed by atoms with E-state index in [0.717, 1.165) is 25.5 Å².